The summed E-state index contributed by atoms with van der Waals surface area (Å²) in [6, 6.07) is 4.37. The first kappa shape index (κ1) is 17.9. The van der Waals surface area contributed by atoms with Crippen LogP contribution in [0.15, 0.2) is 12.1 Å². The first-order valence-electron chi connectivity index (χ1n) is 6.50. The molecule has 0 bridgehead atoms. The van der Waals surface area contributed by atoms with Crippen LogP contribution in [0.2, 0.25) is 0 Å². The first-order chi connectivity index (χ1) is 8.45. The van der Waals surface area contributed by atoms with Gasteiger partial charge in [0.1, 0.15) is 0 Å². The summed E-state index contributed by atoms with van der Waals surface area (Å²) in [5.74, 6) is -0.0647. The van der Waals surface area contributed by atoms with Gasteiger partial charge in [0.25, 0.3) is 0 Å². The molecule has 0 radical (unpaired) electrons. The number of carbonyl (C=O) groups excluding carboxylic acids is 1. The van der Waals surface area contributed by atoms with Crippen molar-refractivity contribution in [3.8, 4) is 0 Å². The Balaban J connectivity index is 0.00000324. The lowest BCUT2D eigenvalue weighted by Crippen LogP contribution is -2.34. The number of hydrogen-bond acceptors (Lipinski definition) is 2. The van der Waals surface area contributed by atoms with Crippen molar-refractivity contribution in [3.63, 3.8) is 0 Å². The highest BCUT2D eigenvalue weighted by molar-refractivity contribution is 5.85. The van der Waals surface area contributed by atoms with Crippen LogP contribution >= 0.6 is 12.4 Å². The molecule has 0 spiro atoms. The lowest BCUT2D eigenvalue weighted by molar-refractivity contribution is -0.124. The molecule has 1 unspecified atom stereocenters. The van der Waals surface area contributed by atoms with Crippen LogP contribution < -0.4 is 11.1 Å². The Kier molecular flexibility index (Phi) is 7.72. The second-order valence-corrected chi connectivity index (χ2v) is 5.06. The van der Waals surface area contributed by atoms with Gasteiger partial charge in [-0.15, -0.1) is 12.4 Å². The average Bonchev–Trinajstić information content (AvgIpc) is 2.31. The van der Waals surface area contributed by atoms with E-state index in [2.05, 4.69) is 38.2 Å². The molecule has 0 heterocycles. The molecule has 0 aliphatic carbocycles. The Morgan fingerprint density at radius 3 is 2.26 bits per heavy atom. The molecule has 0 aliphatic heterocycles. The van der Waals surface area contributed by atoms with E-state index in [0.717, 1.165) is 6.42 Å². The molecule has 3 N–H and O–H groups in total. The molecule has 0 aliphatic rings. The fourth-order valence-corrected chi connectivity index (χ4v) is 2.20. The zero-order chi connectivity index (χ0) is 13.7. The number of aryl methyl sites for hydroxylation is 3. The third-order valence-corrected chi connectivity index (χ3v) is 3.32. The van der Waals surface area contributed by atoms with Gasteiger partial charge >= 0.3 is 0 Å². The van der Waals surface area contributed by atoms with Crippen LogP contribution in [-0.4, -0.2) is 19.0 Å². The topological polar surface area (TPSA) is 55.1 Å². The van der Waals surface area contributed by atoms with Crippen molar-refractivity contribution in [2.75, 3.05) is 13.1 Å². The molecule has 1 amide bonds. The van der Waals surface area contributed by atoms with Gasteiger partial charge in [0.05, 0.1) is 0 Å². The largest absolute Gasteiger partial charge is 0.355 e. The lowest BCUT2D eigenvalue weighted by atomic mass is 9.97. The van der Waals surface area contributed by atoms with Crippen LogP contribution in [0.5, 0.6) is 0 Å². The fraction of sp³-hybridized carbons (Fsp3) is 0.533. The lowest BCUT2D eigenvalue weighted by Gasteiger charge is -2.13. The van der Waals surface area contributed by atoms with Gasteiger partial charge in [-0.3, -0.25) is 4.79 Å². The smallest absolute Gasteiger partial charge is 0.224 e. The third kappa shape index (κ3) is 5.21. The Morgan fingerprint density at radius 1 is 1.26 bits per heavy atom. The summed E-state index contributed by atoms with van der Waals surface area (Å²) in [4.78, 5) is 11.6. The zero-order valence-corrected chi connectivity index (χ0v) is 13.1. The van der Waals surface area contributed by atoms with Gasteiger partial charge in [-0.1, -0.05) is 24.6 Å². The van der Waals surface area contributed by atoms with Crippen molar-refractivity contribution in [1.82, 2.24) is 5.32 Å². The van der Waals surface area contributed by atoms with E-state index >= 15 is 0 Å². The first-order valence-corrected chi connectivity index (χ1v) is 6.50. The Morgan fingerprint density at radius 2 is 1.79 bits per heavy atom. The SMILES string of the molecule is Cc1cc(C)c(CCNC(=O)C(C)CN)c(C)c1.Cl. The molecule has 108 valence electrons. The van der Waals surface area contributed by atoms with E-state index in [-0.39, 0.29) is 24.2 Å². The number of benzene rings is 1. The third-order valence-electron chi connectivity index (χ3n) is 3.32. The van der Waals surface area contributed by atoms with Crippen molar-refractivity contribution in [2.45, 2.75) is 34.1 Å². The van der Waals surface area contributed by atoms with Crippen LogP contribution in [0.4, 0.5) is 0 Å². The van der Waals surface area contributed by atoms with Gasteiger partial charge in [-0.25, -0.2) is 0 Å². The molecular weight excluding hydrogens is 260 g/mol. The minimum atomic E-state index is -0.106. The van der Waals surface area contributed by atoms with E-state index in [1.54, 1.807) is 0 Å². The van der Waals surface area contributed by atoms with Crippen LogP contribution in [0.3, 0.4) is 0 Å². The monoisotopic (exact) mass is 284 g/mol. The van der Waals surface area contributed by atoms with E-state index < -0.39 is 0 Å². The van der Waals surface area contributed by atoms with Gasteiger partial charge in [-0.05, 0) is 43.9 Å². The highest BCUT2D eigenvalue weighted by atomic mass is 35.5. The maximum absolute atomic E-state index is 11.6. The molecule has 0 saturated carbocycles. The molecule has 0 aromatic heterocycles. The van der Waals surface area contributed by atoms with Gasteiger partial charge in [0.2, 0.25) is 5.91 Å². The van der Waals surface area contributed by atoms with Crippen LogP contribution in [0.25, 0.3) is 0 Å². The van der Waals surface area contributed by atoms with E-state index in [9.17, 15) is 4.79 Å². The molecule has 1 atom stereocenters. The summed E-state index contributed by atoms with van der Waals surface area (Å²) in [7, 11) is 0. The summed E-state index contributed by atoms with van der Waals surface area (Å²) in [6.45, 7) is 9.27. The summed E-state index contributed by atoms with van der Waals surface area (Å²) < 4.78 is 0. The average molecular weight is 285 g/mol. The number of hydrogen-bond donors (Lipinski definition) is 2. The van der Waals surface area contributed by atoms with Gasteiger partial charge in [0, 0.05) is 19.0 Å². The maximum Gasteiger partial charge on any atom is 0.224 e. The number of rotatable bonds is 5. The molecule has 1 rings (SSSR count). The number of nitrogens with two attached hydrogens (primary N) is 1. The quantitative estimate of drug-likeness (QED) is 0.872. The van der Waals surface area contributed by atoms with Crippen LogP contribution in [-0.2, 0) is 11.2 Å². The zero-order valence-electron chi connectivity index (χ0n) is 12.2. The van der Waals surface area contributed by atoms with E-state index in [1.807, 2.05) is 6.92 Å². The fourth-order valence-electron chi connectivity index (χ4n) is 2.20. The molecular formula is C15H25ClN2O. The minimum absolute atomic E-state index is 0. The Hall–Kier alpha value is -1.06. The highest BCUT2D eigenvalue weighted by Crippen LogP contribution is 2.16. The van der Waals surface area contributed by atoms with Gasteiger partial charge in [0.15, 0.2) is 0 Å². The number of nitrogens with one attached hydrogen (secondary N) is 1. The highest BCUT2D eigenvalue weighted by Gasteiger charge is 2.10. The van der Waals surface area contributed by atoms with Crippen molar-refractivity contribution >= 4 is 18.3 Å². The van der Waals surface area contributed by atoms with Crippen molar-refractivity contribution in [3.05, 3.63) is 34.4 Å². The van der Waals surface area contributed by atoms with Crippen molar-refractivity contribution in [2.24, 2.45) is 11.7 Å². The van der Waals surface area contributed by atoms with E-state index in [4.69, 9.17) is 5.73 Å². The number of amides is 1. The molecule has 0 saturated heterocycles. The Labute approximate surface area is 122 Å². The van der Waals surface area contributed by atoms with Crippen molar-refractivity contribution in [1.29, 1.82) is 0 Å². The second kappa shape index (κ2) is 8.18. The van der Waals surface area contributed by atoms with Crippen LogP contribution in [0.1, 0.15) is 29.2 Å². The van der Waals surface area contributed by atoms with E-state index in [0.29, 0.717) is 13.1 Å². The molecule has 19 heavy (non-hydrogen) atoms. The summed E-state index contributed by atoms with van der Waals surface area (Å²) in [6.07, 6.45) is 0.876. The Bertz CT molecular complexity index is 409. The number of halogens is 1. The summed E-state index contributed by atoms with van der Waals surface area (Å²) >= 11 is 0. The second-order valence-electron chi connectivity index (χ2n) is 5.06. The number of carbonyl (C=O) groups is 1. The standard InChI is InChI=1S/C15H24N2O.ClH/c1-10-7-11(2)14(12(3)8-10)5-6-17-15(18)13(4)9-16;/h7-8,13H,5-6,9,16H2,1-4H3,(H,17,18);1H. The van der Waals surface area contributed by atoms with E-state index in [1.165, 1.54) is 22.3 Å². The van der Waals surface area contributed by atoms with Crippen molar-refractivity contribution < 1.29 is 4.79 Å². The summed E-state index contributed by atoms with van der Waals surface area (Å²) in [5, 5.41) is 2.93. The minimum Gasteiger partial charge on any atom is -0.355 e. The molecule has 3 nitrogen and oxygen atoms in total. The normalized spacial score (nSPS) is 11.6. The molecule has 4 heteroatoms. The molecule has 1 aromatic rings. The maximum atomic E-state index is 11.6. The molecule has 1 aromatic carbocycles. The van der Waals surface area contributed by atoms with Gasteiger partial charge in [-0.2, -0.15) is 0 Å². The van der Waals surface area contributed by atoms with Gasteiger partial charge < -0.3 is 11.1 Å². The predicted molar refractivity (Wildman–Crippen MR) is 82.8 cm³/mol. The predicted octanol–water partition coefficient (Wildman–Crippen LogP) is 2.29. The summed E-state index contributed by atoms with van der Waals surface area (Å²) in [5.41, 5.74) is 10.7. The van der Waals surface area contributed by atoms with Crippen LogP contribution in [0, 0.1) is 26.7 Å². The molecule has 0 fully saturated rings.